The number of hydrogen-bond donors (Lipinski definition) is 0. The second-order valence-corrected chi connectivity index (χ2v) is 5.07. The van der Waals surface area contributed by atoms with Crippen LogP contribution in [-0.2, 0) is 6.54 Å². The molecule has 1 aromatic heterocycles. The van der Waals surface area contributed by atoms with E-state index in [0.717, 1.165) is 22.2 Å². The minimum Gasteiger partial charge on any atom is -0.336 e. The smallest absolute Gasteiger partial charge is 0.273 e. The standard InChI is InChI=1S/C16H13N3O.C2H6/c1-18-10-11-6-2-5-9-14(11)19-15(16(18)20)12-7-3-4-8-13(12)17-19;1-2/h2-9H,10H2,1H3;1-2H3. The lowest BCUT2D eigenvalue weighted by molar-refractivity contribution is 0.0783. The summed E-state index contributed by atoms with van der Waals surface area (Å²) in [5, 5.41) is 5.51. The molecule has 0 unspecified atom stereocenters. The highest BCUT2D eigenvalue weighted by Crippen LogP contribution is 2.28. The Morgan fingerprint density at radius 1 is 1.00 bits per heavy atom. The summed E-state index contributed by atoms with van der Waals surface area (Å²) in [6.07, 6.45) is 0. The van der Waals surface area contributed by atoms with Crippen molar-refractivity contribution in [3.8, 4) is 5.69 Å². The zero-order chi connectivity index (χ0) is 15.7. The molecule has 0 radical (unpaired) electrons. The molecule has 1 aliphatic rings. The molecule has 22 heavy (non-hydrogen) atoms. The molecular weight excluding hydrogens is 274 g/mol. The maximum atomic E-state index is 12.6. The monoisotopic (exact) mass is 293 g/mol. The molecule has 2 heterocycles. The lowest BCUT2D eigenvalue weighted by Gasteiger charge is -2.13. The Labute approximate surface area is 130 Å². The summed E-state index contributed by atoms with van der Waals surface area (Å²) in [7, 11) is 1.83. The molecule has 0 fully saturated rings. The van der Waals surface area contributed by atoms with E-state index in [1.165, 1.54) is 0 Å². The highest BCUT2D eigenvalue weighted by atomic mass is 16.2. The number of hydrogen-bond acceptors (Lipinski definition) is 2. The maximum absolute atomic E-state index is 12.6. The summed E-state index contributed by atoms with van der Waals surface area (Å²) in [6.45, 7) is 4.60. The zero-order valence-electron chi connectivity index (χ0n) is 13.1. The number of carbonyl (C=O) groups is 1. The van der Waals surface area contributed by atoms with Gasteiger partial charge in [0.25, 0.3) is 5.91 Å². The van der Waals surface area contributed by atoms with Gasteiger partial charge in [0, 0.05) is 19.0 Å². The van der Waals surface area contributed by atoms with Gasteiger partial charge in [-0.05, 0) is 17.7 Å². The van der Waals surface area contributed by atoms with Crippen LogP contribution >= 0.6 is 0 Å². The number of carbonyl (C=O) groups excluding carboxylic acids is 1. The summed E-state index contributed by atoms with van der Waals surface area (Å²) in [6, 6.07) is 15.8. The zero-order valence-corrected chi connectivity index (χ0v) is 13.1. The van der Waals surface area contributed by atoms with Crippen molar-refractivity contribution in [2.24, 2.45) is 0 Å². The van der Waals surface area contributed by atoms with E-state index in [9.17, 15) is 4.79 Å². The van der Waals surface area contributed by atoms with E-state index in [1.54, 1.807) is 9.58 Å². The molecule has 2 aromatic carbocycles. The number of aromatic nitrogens is 2. The summed E-state index contributed by atoms with van der Waals surface area (Å²) >= 11 is 0. The van der Waals surface area contributed by atoms with E-state index in [4.69, 9.17) is 0 Å². The van der Waals surface area contributed by atoms with E-state index in [2.05, 4.69) is 5.10 Å². The van der Waals surface area contributed by atoms with E-state index >= 15 is 0 Å². The van der Waals surface area contributed by atoms with Crippen molar-refractivity contribution in [2.75, 3.05) is 7.05 Å². The van der Waals surface area contributed by atoms with Gasteiger partial charge in [0.1, 0.15) is 5.69 Å². The predicted molar refractivity (Wildman–Crippen MR) is 88.2 cm³/mol. The number of amides is 1. The number of para-hydroxylation sites is 1. The molecule has 4 rings (SSSR count). The normalized spacial score (nSPS) is 13.0. The van der Waals surface area contributed by atoms with Gasteiger partial charge >= 0.3 is 0 Å². The Morgan fingerprint density at radius 3 is 2.50 bits per heavy atom. The minimum atomic E-state index is 0.00917. The van der Waals surface area contributed by atoms with Crippen molar-refractivity contribution >= 4 is 16.8 Å². The van der Waals surface area contributed by atoms with E-state index in [0.29, 0.717) is 12.2 Å². The third-order valence-electron chi connectivity index (χ3n) is 3.76. The van der Waals surface area contributed by atoms with Crippen LogP contribution in [-0.4, -0.2) is 27.6 Å². The van der Waals surface area contributed by atoms with Gasteiger partial charge in [0.05, 0.1) is 11.2 Å². The van der Waals surface area contributed by atoms with Gasteiger partial charge in [-0.3, -0.25) is 4.79 Å². The molecular formula is C18H19N3O. The van der Waals surface area contributed by atoms with Crippen LogP contribution in [0.2, 0.25) is 0 Å². The summed E-state index contributed by atoms with van der Waals surface area (Å²) in [5.74, 6) is 0.00917. The molecule has 0 bridgehead atoms. The first-order valence-corrected chi connectivity index (χ1v) is 7.57. The average molecular weight is 293 g/mol. The van der Waals surface area contributed by atoms with E-state index in [1.807, 2.05) is 69.4 Å². The first kappa shape index (κ1) is 14.3. The molecule has 0 N–H and O–H groups in total. The number of nitrogens with zero attached hydrogens (tertiary/aromatic N) is 3. The molecule has 4 nitrogen and oxygen atoms in total. The van der Waals surface area contributed by atoms with Gasteiger partial charge < -0.3 is 4.90 Å². The fourth-order valence-corrected chi connectivity index (χ4v) is 2.77. The second-order valence-electron chi connectivity index (χ2n) is 5.07. The van der Waals surface area contributed by atoms with Gasteiger partial charge in [-0.25, -0.2) is 4.68 Å². The van der Waals surface area contributed by atoms with Gasteiger partial charge in [-0.1, -0.05) is 50.2 Å². The first-order chi connectivity index (χ1) is 10.8. The molecule has 4 heteroatoms. The number of fused-ring (bicyclic) bond motifs is 5. The Kier molecular flexibility index (Phi) is 3.67. The van der Waals surface area contributed by atoms with Crippen molar-refractivity contribution in [3.63, 3.8) is 0 Å². The van der Waals surface area contributed by atoms with Crippen LogP contribution in [0.15, 0.2) is 48.5 Å². The van der Waals surface area contributed by atoms with Gasteiger partial charge in [0.15, 0.2) is 0 Å². The summed E-state index contributed by atoms with van der Waals surface area (Å²) in [5.41, 5.74) is 3.58. The van der Waals surface area contributed by atoms with Gasteiger partial charge in [0.2, 0.25) is 0 Å². The quantitative estimate of drug-likeness (QED) is 0.634. The first-order valence-electron chi connectivity index (χ1n) is 7.57. The molecule has 0 spiro atoms. The van der Waals surface area contributed by atoms with E-state index < -0.39 is 0 Å². The van der Waals surface area contributed by atoms with Crippen molar-refractivity contribution in [1.29, 1.82) is 0 Å². The molecule has 0 atom stereocenters. The Morgan fingerprint density at radius 2 is 1.68 bits per heavy atom. The molecule has 1 amide bonds. The molecule has 0 saturated heterocycles. The fraction of sp³-hybridized carbons (Fsp3) is 0.222. The number of rotatable bonds is 0. The highest BCUT2D eigenvalue weighted by Gasteiger charge is 2.27. The molecule has 3 aromatic rings. The Hall–Kier alpha value is -2.62. The van der Waals surface area contributed by atoms with Crippen LogP contribution in [0.1, 0.15) is 29.9 Å². The van der Waals surface area contributed by atoms with Crippen LogP contribution < -0.4 is 0 Å². The lowest BCUT2D eigenvalue weighted by atomic mass is 10.2. The average Bonchev–Trinajstić information content (AvgIpc) is 2.91. The fourth-order valence-electron chi connectivity index (χ4n) is 2.77. The SMILES string of the molecule is CC.CN1Cc2ccccc2-n2nc3ccccc3c2C1=O. The predicted octanol–water partition coefficient (Wildman–Crippen LogP) is 3.64. The molecule has 1 aliphatic heterocycles. The third-order valence-corrected chi connectivity index (χ3v) is 3.76. The second kappa shape index (κ2) is 5.64. The van der Waals surface area contributed by atoms with Crippen LogP contribution in [0.4, 0.5) is 0 Å². The molecule has 112 valence electrons. The lowest BCUT2D eigenvalue weighted by Crippen LogP contribution is -2.25. The van der Waals surface area contributed by atoms with Crippen molar-refractivity contribution in [1.82, 2.24) is 14.7 Å². The number of benzene rings is 2. The van der Waals surface area contributed by atoms with Gasteiger partial charge in [-0.2, -0.15) is 5.10 Å². The maximum Gasteiger partial charge on any atom is 0.273 e. The Balaban J connectivity index is 0.000000693. The summed E-state index contributed by atoms with van der Waals surface area (Å²) < 4.78 is 1.78. The van der Waals surface area contributed by atoms with Crippen molar-refractivity contribution in [2.45, 2.75) is 20.4 Å². The minimum absolute atomic E-state index is 0.00917. The highest BCUT2D eigenvalue weighted by molar-refractivity contribution is 6.05. The van der Waals surface area contributed by atoms with Crippen LogP contribution in [0.25, 0.3) is 16.6 Å². The van der Waals surface area contributed by atoms with Crippen LogP contribution in [0, 0.1) is 0 Å². The van der Waals surface area contributed by atoms with Crippen molar-refractivity contribution < 1.29 is 4.79 Å². The largest absolute Gasteiger partial charge is 0.336 e. The van der Waals surface area contributed by atoms with E-state index in [-0.39, 0.29) is 5.91 Å². The van der Waals surface area contributed by atoms with Crippen LogP contribution in [0.5, 0.6) is 0 Å². The van der Waals surface area contributed by atoms with Crippen LogP contribution in [0.3, 0.4) is 0 Å². The van der Waals surface area contributed by atoms with Crippen molar-refractivity contribution in [3.05, 3.63) is 59.8 Å². The molecule has 0 saturated carbocycles. The van der Waals surface area contributed by atoms with Gasteiger partial charge in [-0.15, -0.1) is 0 Å². The third kappa shape index (κ3) is 2.08. The summed E-state index contributed by atoms with van der Waals surface area (Å²) in [4.78, 5) is 14.4. The topological polar surface area (TPSA) is 38.1 Å². The molecule has 0 aliphatic carbocycles. The Bertz CT molecular complexity index is 835.